The van der Waals surface area contributed by atoms with Gasteiger partial charge in [0.15, 0.2) is 0 Å². The van der Waals surface area contributed by atoms with Gasteiger partial charge in [-0.25, -0.2) is 0 Å². The summed E-state index contributed by atoms with van der Waals surface area (Å²) < 4.78 is 64.1. The first-order valence-corrected chi connectivity index (χ1v) is 66.3. The lowest BCUT2D eigenvalue weighted by Crippen LogP contribution is -2.19. The Morgan fingerprint density at radius 2 is 0.399 bits per heavy atom. The van der Waals surface area contributed by atoms with E-state index in [-0.39, 0.29) is 28.1 Å². The van der Waals surface area contributed by atoms with E-state index >= 15 is 0 Å². The molecule has 12 heteroatoms. The Hall–Kier alpha value is -4.71. The number of benzene rings is 6. The van der Waals surface area contributed by atoms with Crippen LogP contribution in [0.2, 0.25) is 0 Å². The SMILES string of the molecule is CCCCCCCCCCCCCCCCCCOP(OCCCCCCCCCCCCCCCCCC)Oc1cc(C)c(C(CC(C)c2cc(C(C)(C)C)c(OP(Oc3ccc(CCCCCCCCC)cc3)Oc3ccc(CCCCCCCCC)cc3)cc2C)c2cc(C(C)(C)C)c(OP(OCCCCCCCCCCCCCCCCCC)Oc3ccc(CCCCCCCCC)cc3)cc2C)cc1C(C)(C)C. The first-order chi connectivity index (χ1) is 71.9. The van der Waals surface area contributed by atoms with Crippen LogP contribution < -0.4 is 27.1 Å². The molecule has 148 heavy (non-hydrogen) atoms. The molecule has 9 nitrogen and oxygen atoms in total. The number of hydrogen-bond donors (Lipinski definition) is 0. The average Bonchev–Trinajstić information content (AvgIpc) is 0.757. The molecule has 0 amide bonds. The highest BCUT2D eigenvalue weighted by Gasteiger charge is 2.35. The van der Waals surface area contributed by atoms with Crippen LogP contribution in [0.25, 0.3) is 0 Å². The molecule has 0 heterocycles. The topological polar surface area (TPSA) is 83.1 Å². The van der Waals surface area contributed by atoms with Gasteiger partial charge in [-0.15, -0.1) is 0 Å². The minimum absolute atomic E-state index is 0.0694. The third kappa shape index (κ3) is 60.0. The lowest BCUT2D eigenvalue weighted by molar-refractivity contribution is 0.197. The molecule has 6 aromatic rings. The van der Waals surface area contributed by atoms with Gasteiger partial charge in [-0.2, -0.15) is 0 Å². The van der Waals surface area contributed by atoms with Crippen molar-refractivity contribution in [1.82, 2.24) is 0 Å². The van der Waals surface area contributed by atoms with Crippen LogP contribution in [0.3, 0.4) is 0 Å². The monoisotopic (exact) mass is 2100 g/mol. The standard InChI is InChI=1S/C136H229O9P3/c1-20-26-32-38-44-47-50-53-56-59-62-65-68-74-80-86-104-137-146(138-105-87-81-75-69-66-63-60-57-54-51-48-45-39-33-27-21-2)143-131-109-116(9)125(112-129(131)135(14,15)16)127(126-113-130(136(17,18)19)132(110-117(126)10)144-147(140-121-98-92-118(93-99-121)89-83-77-71-41-35-29-23-4)139-106-88-82-76-70-67-64-61-58-55-52-49-46-40-34-28-22-3)107-114(7)124-111-128(134(11,12)13)133(108-115(124)8)145-148(141-122-100-94-119(95-101-122)90-84-78-72-42-36-30-24-5)142-123-102-96-120(97-103-123)91-85-79-73-43-37-31-25-6/h92-103,108-114,127H,20-91,104-107H2,1-19H3. The highest BCUT2D eigenvalue weighted by atomic mass is 31.2. The third-order valence-electron chi connectivity index (χ3n) is 31.0. The van der Waals surface area contributed by atoms with Gasteiger partial charge in [0.25, 0.3) is 0 Å². The number of hydrogen-bond acceptors (Lipinski definition) is 9. The van der Waals surface area contributed by atoms with Gasteiger partial charge in [0.1, 0.15) is 34.5 Å². The lowest BCUT2D eigenvalue weighted by atomic mass is 9.74. The van der Waals surface area contributed by atoms with Crippen molar-refractivity contribution < 1.29 is 40.7 Å². The van der Waals surface area contributed by atoms with Crippen molar-refractivity contribution in [3.05, 3.63) is 176 Å². The average molecular weight is 2100 g/mol. The summed E-state index contributed by atoms with van der Waals surface area (Å²) in [4.78, 5) is 0. The second kappa shape index (κ2) is 82.7. The van der Waals surface area contributed by atoms with E-state index in [0.29, 0.717) is 19.8 Å². The fourth-order valence-corrected chi connectivity index (χ4v) is 24.4. The van der Waals surface area contributed by atoms with Crippen molar-refractivity contribution in [1.29, 1.82) is 0 Å². The molecule has 0 saturated heterocycles. The third-order valence-corrected chi connectivity index (χ3v) is 34.3. The van der Waals surface area contributed by atoms with Gasteiger partial charge in [-0.3, -0.25) is 4.52 Å². The number of aryl methyl sites for hydroxylation is 6. The normalized spacial score (nSPS) is 12.7. The fraction of sp³-hybridized carbons (Fsp3) is 0.735. The van der Waals surface area contributed by atoms with E-state index in [1.807, 2.05) is 0 Å². The van der Waals surface area contributed by atoms with Crippen molar-refractivity contribution in [2.75, 3.05) is 19.8 Å². The summed E-state index contributed by atoms with van der Waals surface area (Å²) >= 11 is 0. The molecule has 0 aliphatic rings. The molecule has 0 saturated carbocycles. The van der Waals surface area contributed by atoms with Gasteiger partial charge in [-0.1, -0.05) is 570 Å². The Bertz CT molecular complexity index is 4080. The molecule has 0 spiro atoms. The van der Waals surface area contributed by atoms with Gasteiger partial charge >= 0.3 is 25.8 Å². The van der Waals surface area contributed by atoms with Crippen molar-refractivity contribution in [2.45, 2.75) is 628 Å². The molecule has 0 fully saturated rings. The highest BCUT2D eigenvalue weighted by molar-refractivity contribution is 7.43. The van der Waals surface area contributed by atoms with E-state index in [1.54, 1.807) is 0 Å². The largest absolute Gasteiger partial charge is 0.530 e. The molecule has 0 aliphatic heterocycles. The summed E-state index contributed by atoms with van der Waals surface area (Å²) in [7, 11) is -5.55. The Balaban J connectivity index is 1.39. The van der Waals surface area contributed by atoms with Gasteiger partial charge in [-0.05, 0) is 212 Å². The van der Waals surface area contributed by atoms with Crippen LogP contribution in [-0.4, -0.2) is 19.8 Å². The zero-order valence-electron chi connectivity index (χ0n) is 99.8. The summed E-state index contributed by atoms with van der Waals surface area (Å²) in [5.74, 6) is 4.73. The molecular formula is C136H229O9P3. The van der Waals surface area contributed by atoms with Crippen LogP contribution in [0.5, 0.6) is 34.5 Å². The lowest BCUT2D eigenvalue weighted by Gasteiger charge is -2.33. The molecule has 0 bridgehead atoms. The van der Waals surface area contributed by atoms with E-state index in [1.165, 1.54) is 455 Å². The first kappa shape index (κ1) is 132. The molecular weight excluding hydrogens is 1870 g/mol. The Labute approximate surface area is 919 Å². The molecule has 0 N–H and O–H groups in total. The smallest absolute Gasteiger partial charge is 0.426 e. The summed E-state index contributed by atoms with van der Waals surface area (Å²) in [6.45, 7) is 46.2. The van der Waals surface area contributed by atoms with Crippen molar-refractivity contribution in [3.8, 4) is 34.5 Å². The highest BCUT2D eigenvalue weighted by Crippen LogP contribution is 2.53. The van der Waals surface area contributed by atoms with Crippen LogP contribution in [0.4, 0.5) is 0 Å². The van der Waals surface area contributed by atoms with E-state index in [4.69, 9.17) is 40.7 Å². The predicted molar refractivity (Wildman–Crippen MR) is 650 cm³/mol. The van der Waals surface area contributed by atoms with Crippen LogP contribution in [0.15, 0.2) is 109 Å². The summed E-state index contributed by atoms with van der Waals surface area (Å²) in [5, 5.41) is 0. The molecule has 6 aromatic carbocycles. The quantitative estimate of drug-likeness (QED) is 0.0274. The molecule has 0 aliphatic carbocycles. The number of rotatable bonds is 95. The fourth-order valence-electron chi connectivity index (χ4n) is 21.4. The molecule has 3 unspecified atom stereocenters. The van der Waals surface area contributed by atoms with Crippen LogP contribution in [0.1, 0.15) is 639 Å². The maximum Gasteiger partial charge on any atom is 0.530 e. The zero-order valence-corrected chi connectivity index (χ0v) is 102. The maximum absolute atomic E-state index is 7.43. The Morgan fingerprint density at radius 1 is 0.209 bits per heavy atom. The van der Waals surface area contributed by atoms with Gasteiger partial charge in [0, 0.05) is 22.6 Å². The van der Waals surface area contributed by atoms with E-state index in [0.717, 1.165) is 115 Å². The summed E-state index contributed by atoms with van der Waals surface area (Å²) in [6.07, 6.45) is 95.1. The van der Waals surface area contributed by atoms with E-state index in [9.17, 15) is 0 Å². The van der Waals surface area contributed by atoms with Crippen LogP contribution in [-0.2, 0) is 49.1 Å². The van der Waals surface area contributed by atoms with E-state index < -0.39 is 25.8 Å². The Kier molecular flexibility index (Phi) is 73.8. The number of unbranched alkanes of at least 4 members (excludes halogenated alkanes) is 63. The molecule has 0 aromatic heterocycles. The van der Waals surface area contributed by atoms with E-state index in [2.05, 4.69) is 241 Å². The molecule has 0 radical (unpaired) electrons. The van der Waals surface area contributed by atoms with Gasteiger partial charge < -0.3 is 36.2 Å². The van der Waals surface area contributed by atoms with Gasteiger partial charge in [0.2, 0.25) is 0 Å². The predicted octanol–water partition coefficient (Wildman–Crippen LogP) is 47.6. The van der Waals surface area contributed by atoms with Crippen molar-refractivity contribution in [3.63, 3.8) is 0 Å². The molecule has 3 atom stereocenters. The van der Waals surface area contributed by atoms with Crippen LogP contribution in [0, 0.1) is 20.8 Å². The Morgan fingerprint density at radius 3 is 0.635 bits per heavy atom. The summed E-state index contributed by atoms with van der Waals surface area (Å²) in [6, 6.07) is 40.8. The second-order valence-corrected chi connectivity index (χ2v) is 51.4. The second-order valence-electron chi connectivity index (χ2n) is 48.2. The van der Waals surface area contributed by atoms with Crippen molar-refractivity contribution in [2.24, 2.45) is 0 Å². The molecule has 6 rings (SSSR count). The summed E-state index contributed by atoms with van der Waals surface area (Å²) in [5.41, 5.74) is 13.9. The van der Waals surface area contributed by atoms with Crippen molar-refractivity contribution >= 4 is 25.8 Å². The zero-order chi connectivity index (χ0) is 107. The molecule has 842 valence electrons. The van der Waals surface area contributed by atoms with Gasteiger partial charge in [0.05, 0.1) is 19.8 Å². The minimum Gasteiger partial charge on any atom is -0.426 e. The maximum atomic E-state index is 7.43. The minimum atomic E-state index is -1.98. The first-order valence-electron chi connectivity index (χ1n) is 63.0. The van der Waals surface area contributed by atoms with Crippen LogP contribution >= 0.6 is 25.8 Å².